The zero-order chi connectivity index (χ0) is 17.4. The first-order chi connectivity index (χ1) is 11.5. The monoisotopic (exact) mass is 473 g/mol. The van der Waals surface area contributed by atoms with Crippen LogP contribution in [0.3, 0.4) is 0 Å². The van der Waals surface area contributed by atoms with Crippen LogP contribution in [0.25, 0.3) is 0 Å². The highest BCUT2D eigenvalue weighted by Crippen LogP contribution is 2.33. The number of nitrogens with zero attached hydrogens (tertiary/aromatic N) is 1. The number of ether oxygens (including phenoxy) is 2. The number of alkyl halides is 3. The average molecular weight is 473 g/mol. The van der Waals surface area contributed by atoms with Gasteiger partial charge in [0.05, 0.1) is 26.2 Å². The van der Waals surface area contributed by atoms with Crippen molar-refractivity contribution >= 4 is 29.9 Å². The third-order valence-corrected chi connectivity index (χ3v) is 3.31. The standard InChI is InChI=1S/C16H22F3N3O2.HI/c1-2-20-15(21-8-7-16(17,18)19)22-11-12-5-3-6-13-14(12)24-10-4-9-23-13;/h3,5-6H,2,4,7-11H2,1H3,(H2,20,21,22);1H. The molecule has 1 aromatic rings. The van der Waals surface area contributed by atoms with E-state index in [1.165, 1.54) is 0 Å². The van der Waals surface area contributed by atoms with Gasteiger partial charge in [0.2, 0.25) is 0 Å². The third kappa shape index (κ3) is 7.57. The molecule has 0 saturated heterocycles. The van der Waals surface area contributed by atoms with E-state index in [9.17, 15) is 13.2 Å². The number of hydrogen-bond acceptors (Lipinski definition) is 3. The van der Waals surface area contributed by atoms with E-state index in [4.69, 9.17) is 9.47 Å². The van der Waals surface area contributed by atoms with Gasteiger partial charge in [0.15, 0.2) is 17.5 Å². The van der Waals surface area contributed by atoms with Gasteiger partial charge in [0.25, 0.3) is 0 Å². The molecule has 1 aliphatic heterocycles. The third-order valence-electron chi connectivity index (χ3n) is 3.31. The van der Waals surface area contributed by atoms with Crippen molar-refractivity contribution in [1.82, 2.24) is 10.6 Å². The minimum absolute atomic E-state index is 0. The van der Waals surface area contributed by atoms with Crippen LogP contribution in [0.5, 0.6) is 11.5 Å². The first-order valence-corrected chi connectivity index (χ1v) is 7.96. The SMILES string of the molecule is CCNC(=NCc1cccc2c1OCCCO2)NCCC(F)(F)F.I. The Hall–Kier alpha value is -1.39. The predicted molar refractivity (Wildman–Crippen MR) is 101 cm³/mol. The molecule has 9 heteroatoms. The lowest BCUT2D eigenvalue weighted by molar-refractivity contribution is -0.132. The second-order valence-corrected chi connectivity index (χ2v) is 5.28. The van der Waals surface area contributed by atoms with Crippen LogP contribution in [-0.4, -0.2) is 38.4 Å². The summed E-state index contributed by atoms with van der Waals surface area (Å²) in [6.07, 6.45) is -4.29. The lowest BCUT2D eigenvalue weighted by atomic mass is 10.2. The Kier molecular flexibility index (Phi) is 9.15. The van der Waals surface area contributed by atoms with Gasteiger partial charge in [-0.1, -0.05) is 12.1 Å². The van der Waals surface area contributed by atoms with Crippen molar-refractivity contribution in [2.45, 2.75) is 32.5 Å². The fraction of sp³-hybridized carbons (Fsp3) is 0.562. The maximum Gasteiger partial charge on any atom is 0.390 e. The predicted octanol–water partition coefficient (Wildman–Crippen LogP) is 3.47. The topological polar surface area (TPSA) is 54.9 Å². The van der Waals surface area contributed by atoms with E-state index in [2.05, 4.69) is 15.6 Å². The molecule has 25 heavy (non-hydrogen) atoms. The van der Waals surface area contributed by atoms with Gasteiger partial charge in [-0.05, 0) is 13.0 Å². The summed E-state index contributed by atoms with van der Waals surface area (Å²) in [6, 6.07) is 5.55. The zero-order valence-corrected chi connectivity index (χ0v) is 16.3. The molecule has 0 spiro atoms. The normalized spacial score (nSPS) is 14.3. The number of rotatable bonds is 5. The molecule has 0 saturated carbocycles. The number of halogens is 4. The summed E-state index contributed by atoms with van der Waals surface area (Å²) >= 11 is 0. The molecule has 0 aromatic heterocycles. The Morgan fingerprint density at radius 1 is 1.20 bits per heavy atom. The number of para-hydroxylation sites is 1. The molecular formula is C16H23F3IN3O2. The molecule has 5 nitrogen and oxygen atoms in total. The molecule has 1 aromatic carbocycles. The molecule has 0 unspecified atom stereocenters. The second kappa shape index (κ2) is 10.6. The van der Waals surface area contributed by atoms with Gasteiger partial charge >= 0.3 is 6.18 Å². The van der Waals surface area contributed by atoms with Gasteiger partial charge in [-0.3, -0.25) is 0 Å². The first kappa shape index (κ1) is 21.7. The lowest BCUT2D eigenvalue weighted by Crippen LogP contribution is -2.38. The summed E-state index contributed by atoms with van der Waals surface area (Å²) in [6.45, 7) is 3.64. The second-order valence-electron chi connectivity index (χ2n) is 5.28. The van der Waals surface area contributed by atoms with Crippen LogP contribution < -0.4 is 20.1 Å². The summed E-state index contributed by atoms with van der Waals surface area (Å²) in [7, 11) is 0. The minimum atomic E-state index is -4.19. The summed E-state index contributed by atoms with van der Waals surface area (Å²) in [4.78, 5) is 4.33. The van der Waals surface area contributed by atoms with Gasteiger partial charge in [0, 0.05) is 25.1 Å². The van der Waals surface area contributed by atoms with E-state index in [-0.39, 0.29) is 37.1 Å². The van der Waals surface area contributed by atoms with Crippen LogP contribution in [0.4, 0.5) is 13.2 Å². The molecule has 0 fully saturated rings. The number of nitrogens with one attached hydrogen (secondary N) is 2. The quantitative estimate of drug-likeness (QED) is 0.391. The molecule has 0 aliphatic carbocycles. The van der Waals surface area contributed by atoms with E-state index in [0.29, 0.717) is 37.2 Å². The Labute approximate surface area is 162 Å². The molecule has 142 valence electrons. The fourth-order valence-corrected chi connectivity index (χ4v) is 2.21. The van der Waals surface area contributed by atoms with Gasteiger partial charge in [-0.2, -0.15) is 13.2 Å². The van der Waals surface area contributed by atoms with Crippen molar-refractivity contribution in [3.8, 4) is 11.5 Å². The minimum Gasteiger partial charge on any atom is -0.490 e. The maximum absolute atomic E-state index is 12.2. The van der Waals surface area contributed by atoms with E-state index >= 15 is 0 Å². The number of hydrogen-bond donors (Lipinski definition) is 2. The Balaban J connectivity index is 0.00000312. The molecule has 1 heterocycles. The highest BCUT2D eigenvalue weighted by Gasteiger charge is 2.26. The summed E-state index contributed by atoms with van der Waals surface area (Å²) in [5.74, 6) is 1.68. The van der Waals surface area contributed by atoms with Gasteiger partial charge < -0.3 is 20.1 Å². The van der Waals surface area contributed by atoms with Crippen LogP contribution in [0.2, 0.25) is 0 Å². The molecule has 2 rings (SSSR count). The maximum atomic E-state index is 12.2. The molecule has 1 aliphatic rings. The Morgan fingerprint density at radius 2 is 1.96 bits per heavy atom. The number of aliphatic imine (C=N–C) groups is 1. The summed E-state index contributed by atoms with van der Waals surface area (Å²) in [5.41, 5.74) is 0.836. The van der Waals surface area contributed by atoms with Crippen molar-refractivity contribution in [2.24, 2.45) is 4.99 Å². The van der Waals surface area contributed by atoms with Crippen LogP contribution >= 0.6 is 24.0 Å². The van der Waals surface area contributed by atoms with Crippen molar-refractivity contribution in [3.05, 3.63) is 23.8 Å². The summed E-state index contributed by atoms with van der Waals surface area (Å²) in [5, 5.41) is 5.62. The van der Waals surface area contributed by atoms with Crippen LogP contribution in [-0.2, 0) is 6.54 Å². The molecule has 2 N–H and O–H groups in total. The summed E-state index contributed by atoms with van der Waals surface area (Å²) < 4.78 is 48.0. The van der Waals surface area contributed by atoms with E-state index < -0.39 is 12.6 Å². The molecule has 0 radical (unpaired) electrons. The van der Waals surface area contributed by atoms with Crippen molar-refractivity contribution < 1.29 is 22.6 Å². The Bertz CT molecular complexity index is 568. The van der Waals surface area contributed by atoms with Crippen molar-refractivity contribution in [1.29, 1.82) is 0 Å². The van der Waals surface area contributed by atoms with E-state index in [1.54, 1.807) is 0 Å². The highest BCUT2D eigenvalue weighted by atomic mass is 127. The Morgan fingerprint density at radius 3 is 2.68 bits per heavy atom. The number of guanidine groups is 1. The number of fused-ring (bicyclic) bond motifs is 1. The molecule has 0 atom stereocenters. The van der Waals surface area contributed by atoms with Crippen LogP contribution in [0.15, 0.2) is 23.2 Å². The molecular weight excluding hydrogens is 450 g/mol. The van der Waals surface area contributed by atoms with E-state index in [1.807, 2.05) is 25.1 Å². The first-order valence-electron chi connectivity index (χ1n) is 7.96. The number of benzene rings is 1. The molecule has 0 amide bonds. The lowest BCUT2D eigenvalue weighted by Gasteiger charge is -2.14. The average Bonchev–Trinajstić information content (AvgIpc) is 2.77. The largest absolute Gasteiger partial charge is 0.490 e. The van der Waals surface area contributed by atoms with Gasteiger partial charge in [0.1, 0.15) is 0 Å². The smallest absolute Gasteiger partial charge is 0.390 e. The van der Waals surface area contributed by atoms with Crippen LogP contribution in [0.1, 0.15) is 25.3 Å². The van der Waals surface area contributed by atoms with Gasteiger partial charge in [-0.25, -0.2) is 4.99 Å². The van der Waals surface area contributed by atoms with Crippen molar-refractivity contribution in [3.63, 3.8) is 0 Å². The zero-order valence-electron chi connectivity index (χ0n) is 14.0. The molecule has 0 bridgehead atoms. The van der Waals surface area contributed by atoms with Gasteiger partial charge in [-0.15, -0.1) is 24.0 Å². The highest BCUT2D eigenvalue weighted by molar-refractivity contribution is 14.0. The van der Waals surface area contributed by atoms with Crippen molar-refractivity contribution in [2.75, 3.05) is 26.3 Å². The van der Waals surface area contributed by atoms with Crippen LogP contribution in [0, 0.1) is 0 Å². The fourth-order valence-electron chi connectivity index (χ4n) is 2.21. The van der Waals surface area contributed by atoms with E-state index in [0.717, 1.165) is 12.0 Å².